The Hall–Kier alpha value is -2.66. The summed E-state index contributed by atoms with van der Waals surface area (Å²) in [5.41, 5.74) is 5.99. The van der Waals surface area contributed by atoms with Crippen molar-refractivity contribution >= 4 is 35.3 Å². The normalized spacial score (nSPS) is 10.7. The molecule has 2 rings (SSSR count). The maximum absolute atomic E-state index is 12.0. The molecule has 130 valence electrons. The second-order valence-corrected chi connectivity index (χ2v) is 6.15. The largest absolute Gasteiger partial charge is 0.326 e. The zero-order valence-corrected chi connectivity index (χ0v) is 14.9. The summed E-state index contributed by atoms with van der Waals surface area (Å²) in [7, 11) is 0. The van der Waals surface area contributed by atoms with Gasteiger partial charge in [0.2, 0.25) is 11.8 Å². The SMILES string of the molecule is Cc1ccc(C)c(NC(=O)CCC(=O)NN=Cc2cccc(Cl)c2)c1. The van der Waals surface area contributed by atoms with Crippen LogP contribution in [-0.2, 0) is 9.59 Å². The number of hydrogen-bond donors (Lipinski definition) is 2. The number of amides is 2. The van der Waals surface area contributed by atoms with E-state index in [2.05, 4.69) is 15.8 Å². The maximum Gasteiger partial charge on any atom is 0.240 e. The first kappa shape index (κ1) is 18.7. The van der Waals surface area contributed by atoms with Gasteiger partial charge in [-0.2, -0.15) is 5.10 Å². The molecule has 0 unspecified atom stereocenters. The van der Waals surface area contributed by atoms with E-state index in [0.29, 0.717) is 5.02 Å². The fourth-order valence-corrected chi connectivity index (χ4v) is 2.33. The van der Waals surface area contributed by atoms with Crippen molar-refractivity contribution in [3.05, 3.63) is 64.2 Å². The van der Waals surface area contributed by atoms with Crippen LogP contribution in [0.2, 0.25) is 5.02 Å². The highest BCUT2D eigenvalue weighted by atomic mass is 35.5. The molecule has 2 amide bonds. The van der Waals surface area contributed by atoms with Crippen molar-refractivity contribution in [1.29, 1.82) is 0 Å². The molecule has 0 aliphatic rings. The standard InChI is InChI=1S/C19H20ClN3O2/c1-13-6-7-14(2)17(10-13)22-18(24)8-9-19(25)23-21-12-15-4-3-5-16(20)11-15/h3-7,10-12H,8-9H2,1-2H3,(H,22,24)(H,23,25). The number of hydrogen-bond acceptors (Lipinski definition) is 3. The predicted molar refractivity (Wildman–Crippen MR) is 101 cm³/mol. The van der Waals surface area contributed by atoms with Crippen molar-refractivity contribution in [2.75, 3.05) is 5.32 Å². The average molecular weight is 358 g/mol. The van der Waals surface area contributed by atoms with Crippen LogP contribution in [0.5, 0.6) is 0 Å². The van der Waals surface area contributed by atoms with Crippen LogP contribution in [0.25, 0.3) is 0 Å². The molecule has 25 heavy (non-hydrogen) atoms. The Morgan fingerprint density at radius 3 is 2.60 bits per heavy atom. The Morgan fingerprint density at radius 2 is 1.84 bits per heavy atom. The average Bonchev–Trinajstić information content (AvgIpc) is 2.56. The molecule has 0 atom stereocenters. The van der Waals surface area contributed by atoms with E-state index < -0.39 is 0 Å². The Kier molecular flexibility index (Phi) is 6.71. The lowest BCUT2D eigenvalue weighted by atomic mass is 10.1. The van der Waals surface area contributed by atoms with Gasteiger partial charge in [0.05, 0.1) is 6.21 Å². The molecule has 2 aromatic carbocycles. The summed E-state index contributed by atoms with van der Waals surface area (Å²) in [5, 5.41) is 7.27. The van der Waals surface area contributed by atoms with E-state index in [1.807, 2.05) is 38.1 Å². The Labute approximate surface area is 152 Å². The van der Waals surface area contributed by atoms with Gasteiger partial charge in [-0.1, -0.05) is 35.9 Å². The first-order valence-corrected chi connectivity index (χ1v) is 8.26. The lowest BCUT2D eigenvalue weighted by molar-refractivity contribution is -0.124. The summed E-state index contributed by atoms with van der Waals surface area (Å²) in [6, 6.07) is 12.9. The van der Waals surface area contributed by atoms with Crippen LogP contribution in [0.4, 0.5) is 5.69 Å². The molecule has 5 nitrogen and oxygen atoms in total. The van der Waals surface area contributed by atoms with E-state index in [9.17, 15) is 9.59 Å². The van der Waals surface area contributed by atoms with E-state index in [0.717, 1.165) is 22.4 Å². The molecule has 0 heterocycles. The second kappa shape index (κ2) is 8.99. The zero-order chi connectivity index (χ0) is 18.2. The molecule has 0 aromatic heterocycles. The predicted octanol–water partition coefficient (Wildman–Crippen LogP) is 3.83. The van der Waals surface area contributed by atoms with Crippen molar-refractivity contribution in [3.63, 3.8) is 0 Å². The quantitative estimate of drug-likeness (QED) is 0.609. The molecule has 0 saturated heterocycles. The minimum atomic E-state index is -0.325. The van der Waals surface area contributed by atoms with E-state index in [-0.39, 0.29) is 24.7 Å². The number of nitrogens with zero attached hydrogens (tertiary/aromatic N) is 1. The van der Waals surface area contributed by atoms with Gasteiger partial charge in [-0.05, 0) is 48.7 Å². The summed E-state index contributed by atoms with van der Waals surface area (Å²) in [4.78, 5) is 23.7. The number of hydrazone groups is 1. The first-order valence-electron chi connectivity index (χ1n) is 7.88. The Balaban J connectivity index is 1.77. The van der Waals surface area contributed by atoms with Crippen molar-refractivity contribution in [1.82, 2.24) is 5.43 Å². The van der Waals surface area contributed by atoms with Gasteiger partial charge in [-0.15, -0.1) is 0 Å². The highest BCUT2D eigenvalue weighted by molar-refractivity contribution is 6.30. The Bertz CT molecular complexity index is 803. The molecule has 0 aliphatic carbocycles. The van der Waals surface area contributed by atoms with Gasteiger partial charge in [0.25, 0.3) is 0 Å². The maximum atomic E-state index is 12.0. The third-order valence-corrected chi connectivity index (χ3v) is 3.73. The molecule has 2 N–H and O–H groups in total. The van der Waals surface area contributed by atoms with Gasteiger partial charge in [-0.25, -0.2) is 5.43 Å². The zero-order valence-electron chi connectivity index (χ0n) is 14.2. The monoisotopic (exact) mass is 357 g/mol. The summed E-state index contributed by atoms with van der Waals surface area (Å²) < 4.78 is 0. The Morgan fingerprint density at radius 1 is 1.08 bits per heavy atom. The summed E-state index contributed by atoms with van der Waals surface area (Å²) in [5.74, 6) is -0.530. The van der Waals surface area contributed by atoms with Crippen molar-refractivity contribution in [3.8, 4) is 0 Å². The van der Waals surface area contributed by atoms with E-state index in [1.165, 1.54) is 6.21 Å². The minimum absolute atomic E-state index is 0.0591. The lowest BCUT2D eigenvalue weighted by Gasteiger charge is -2.09. The number of benzene rings is 2. The van der Waals surface area contributed by atoms with Crippen LogP contribution in [0.3, 0.4) is 0 Å². The number of halogens is 1. The van der Waals surface area contributed by atoms with Crippen LogP contribution >= 0.6 is 11.6 Å². The number of aryl methyl sites for hydroxylation is 2. The van der Waals surface area contributed by atoms with Crippen LogP contribution in [-0.4, -0.2) is 18.0 Å². The molecule has 6 heteroatoms. The van der Waals surface area contributed by atoms with E-state index >= 15 is 0 Å². The molecule has 0 aliphatic heterocycles. The van der Waals surface area contributed by atoms with Crippen LogP contribution in [0.15, 0.2) is 47.6 Å². The van der Waals surface area contributed by atoms with Crippen molar-refractivity contribution in [2.45, 2.75) is 26.7 Å². The van der Waals surface area contributed by atoms with Gasteiger partial charge >= 0.3 is 0 Å². The van der Waals surface area contributed by atoms with Crippen molar-refractivity contribution in [2.24, 2.45) is 5.10 Å². The molecule has 2 aromatic rings. The fourth-order valence-electron chi connectivity index (χ4n) is 2.13. The molecular weight excluding hydrogens is 338 g/mol. The highest BCUT2D eigenvalue weighted by Gasteiger charge is 2.08. The van der Waals surface area contributed by atoms with Crippen LogP contribution in [0, 0.1) is 13.8 Å². The molecule has 0 saturated carbocycles. The number of anilines is 1. The second-order valence-electron chi connectivity index (χ2n) is 5.71. The number of rotatable bonds is 6. The van der Waals surface area contributed by atoms with Crippen molar-refractivity contribution < 1.29 is 9.59 Å². The third kappa shape index (κ3) is 6.39. The smallest absolute Gasteiger partial charge is 0.240 e. The van der Waals surface area contributed by atoms with E-state index in [1.54, 1.807) is 18.2 Å². The highest BCUT2D eigenvalue weighted by Crippen LogP contribution is 2.16. The molecule has 0 bridgehead atoms. The van der Waals surface area contributed by atoms with E-state index in [4.69, 9.17) is 11.6 Å². The van der Waals surface area contributed by atoms with Crippen LogP contribution in [0.1, 0.15) is 29.5 Å². The van der Waals surface area contributed by atoms with Gasteiger partial charge in [-0.3, -0.25) is 9.59 Å². The fraction of sp³-hybridized carbons (Fsp3) is 0.211. The van der Waals surface area contributed by atoms with Gasteiger partial charge < -0.3 is 5.32 Å². The topological polar surface area (TPSA) is 70.6 Å². The lowest BCUT2D eigenvalue weighted by Crippen LogP contribution is -2.20. The van der Waals surface area contributed by atoms with Crippen LogP contribution < -0.4 is 10.7 Å². The summed E-state index contributed by atoms with van der Waals surface area (Å²) in [6.07, 6.45) is 1.65. The molecule has 0 spiro atoms. The number of carbonyl (C=O) groups is 2. The summed E-state index contributed by atoms with van der Waals surface area (Å²) in [6.45, 7) is 3.88. The number of carbonyl (C=O) groups excluding carboxylic acids is 2. The summed E-state index contributed by atoms with van der Waals surface area (Å²) >= 11 is 5.86. The molecule has 0 radical (unpaired) electrons. The third-order valence-electron chi connectivity index (χ3n) is 3.50. The molecular formula is C19H20ClN3O2. The number of nitrogens with one attached hydrogen (secondary N) is 2. The van der Waals surface area contributed by atoms with Gasteiger partial charge in [0, 0.05) is 23.6 Å². The van der Waals surface area contributed by atoms with Gasteiger partial charge in [0.15, 0.2) is 0 Å². The molecule has 0 fully saturated rings. The minimum Gasteiger partial charge on any atom is -0.326 e. The first-order chi connectivity index (χ1) is 11.9. The van der Waals surface area contributed by atoms with Gasteiger partial charge in [0.1, 0.15) is 0 Å².